The van der Waals surface area contributed by atoms with Crippen LogP contribution >= 0.6 is 0 Å². The van der Waals surface area contributed by atoms with Crippen molar-refractivity contribution < 1.29 is 0 Å². The summed E-state index contributed by atoms with van der Waals surface area (Å²) in [6.45, 7) is 8.55. The van der Waals surface area contributed by atoms with Crippen molar-refractivity contribution in [2.75, 3.05) is 6.54 Å². The molecule has 0 amide bonds. The Hall–Kier alpha value is -1.35. The maximum Gasteiger partial charge on any atom is 0.0703 e. The van der Waals surface area contributed by atoms with Gasteiger partial charge in [0.05, 0.1) is 11.2 Å². The van der Waals surface area contributed by atoms with Gasteiger partial charge in [-0.05, 0) is 45.7 Å². The maximum atomic E-state index is 4.75. The van der Waals surface area contributed by atoms with Crippen LogP contribution in [0.4, 0.5) is 0 Å². The SMILES string of the molecule is CCNC(C)CCCc1nn(CC)c2ccccc12. The molecule has 2 rings (SSSR count). The Bertz CT molecular complexity index is 516. The smallest absolute Gasteiger partial charge is 0.0703 e. The van der Waals surface area contributed by atoms with Crippen LogP contribution in [0.1, 0.15) is 39.3 Å². The van der Waals surface area contributed by atoms with E-state index in [1.807, 2.05) is 0 Å². The number of aromatic nitrogens is 2. The van der Waals surface area contributed by atoms with Gasteiger partial charge in [0.15, 0.2) is 0 Å². The quantitative estimate of drug-likeness (QED) is 0.826. The van der Waals surface area contributed by atoms with Gasteiger partial charge in [-0.1, -0.05) is 25.1 Å². The number of benzene rings is 1. The van der Waals surface area contributed by atoms with Gasteiger partial charge in [-0.2, -0.15) is 5.10 Å². The number of rotatable bonds is 7. The Balaban J connectivity index is 2.04. The predicted octanol–water partition coefficient (Wildman–Crippen LogP) is 3.38. The molecule has 104 valence electrons. The van der Waals surface area contributed by atoms with Gasteiger partial charge in [0.2, 0.25) is 0 Å². The molecular formula is C16H25N3. The van der Waals surface area contributed by atoms with Gasteiger partial charge in [-0.3, -0.25) is 4.68 Å². The largest absolute Gasteiger partial charge is 0.315 e. The fourth-order valence-corrected chi connectivity index (χ4v) is 2.65. The summed E-state index contributed by atoms with van der Waals surface area (Å²) in [6.07, 6.45) is 3.48. The standard InChI is InChI=1S/C16H25N3/c1-4-17-13(3)9-8-11-15-14-10-6-7-12-16(14)19(5-2)18-15/h6-7,10,12-13,17H,4-5,8-9,11H2,1-3H3. The molecular weight excluding hydrogens is 234 g/mol. The van der Waals surface area contributed by atoms with Crippen LogP contribution in [-0.4, -0.2) is 22.4 Å². The van der Waals surface area contributed by atoms with Crippen molar-refractivity contribution in [3.05, 3.63) is 30.0 Å². The lowest BCUT2D eigenvalue weighted by Crippen LogP contribution is -2.25. The van der Waals surface area contributed by atoms with E-state index in [2.05, 4.69) is 55.0 Å². The Morgan fingerprint density at radius 1 is 1.26 bits per heavy atom. The zero-order valence-electron chi connectivity index (χ0n) is 12.3. The lowest BCUT2D eigenvalue weighted by molar-refractivity contribution is 0.510. The minimum absolute atomic E-state index is 0.601. The normalized spacial score (nSPS) is 13.0. The maximum absolute atomic E-state index is 4.75. The van der Waals surface area contributed by atoms with Crippen molar-refractivity contribution in [3.63, 3.8) is 0 Å². The number of aryl methyl sites for hydroxylation is 2. The number of para-hydroxylation sites is 1. The molecule has 1 heterocycles. The van der Waals surface area contributed by atoms with Gasteiger partial charge in [0.25, 0.3) is 0 Å². The summed E-state index contributed by atoms with van der Waals surface area (Å²) in [6, 6.07) is 9.15. The van der Waals surface area contributed by atoms with Crippen molar-refractivity contribution in [3.8, 4) is 0 Å². The number of hydrogen-bond donors (Lipinski definition) is 1. The lowest BCUT2D eigenvalue weighted by atomic mass is 10.1. The second kappa shape index (κ2) is 6.71. The van der Waals surface area contributed by atoms with E-state index in [0.29, 0.717) is 6.04 Å². The summed E-state index contributed by atoms with van der Waals surface area (Å²) >= 11 is 0. The molecule has 1 N–H and O–H groups in total. The van der Waals surface area contributed by atoms with E-state index in [-0.39, 0.29) is 0 Å². The molecule has 0 aliphatic carbocycles. The summed E-state index contributed by atoms with van der Waals surface area (Å²) in [5, 5.41) is 9.53. The van der Waals surface area contributed by atoms with Crippen molar-refractivity contribution >= 4 is 10.9 Å². The van der Waals surface area contributed by atoms with Crippen LogP contribution in [0.5, 0.6) is 0 Å². The fourth-order valence-electron chi connectivity index (χ4n) is 2.65. The summed E-state index contributed by atoms with van der Waals surface area (Å²) in [5.74, 6) is 0. The van der Waals surface area contributed by atoms with Crippen LogP contribution in [0.3, 0.4) is 0 Å². The third-order valence-corrected chi connectivity index (χ3v) is 3.64. The molecule has 0 radical (unpaired) electrons. The molecule has 19 heavy (non-hydrogen) atoms. The molecule has 0 spiro atoms. The molecule has 1 aromatic heterocycles. The minimum Gasteiger partial charge on any atom is -0.315 e. The highest BCUT2D eigenvalue weighted by atomic mass is 15.3. The van der Waals surface area contributed by atoms with Gasteiger partial charge in [-0.15, -0.1) is 0 Å². The van der Waals surface area contributed by atoms with Crippen LogP contribution in [0.15, 0.2) is 24.3 Å². The Kier molecular flexibility index (Phi) is 4.97. The molecule has 0 aliphatic rings. The highest BCUT2D eigenvalue weighted by Crippen LogP contribution is 2.20. The van der Waals surface area contributed by atoms with Gasteiger partial charge in [0, 0.05) is 18.0 Å². The van der Waals surface area contributed by atoms with Crippen LogP contribution in [0, 0.1) is 0 Å². The zero-order chi connectivity index (χ0) is 13.7. The molecule has 1 atom stereocenters. The van der Waals surface area contributed by atoms with E-state index < -0.39 is 0 Å². The highest BCUT2D eigenvalue weighted by Gasteiger charge is 2.09. The van der Waals surface area contributed by atoms with E-state index in [4.69, 9.17) is 5.10 Å². The summed E-state index contributed by atoms with van der Waals surface area (Å²) < 4.78 is 2.11. The summed E-state index contributed by atoms with van der Waals surface area (Å²) in [7, 11) is 0. The summed E-state index contributed by atoms with van der Waals surface area (Å²) in [5.41, 5.74) is 2.51. The minimum atomic E-state index is 0.601. The predicted molar refractivity (Wildman–Crippen MR) is 81.5 cm³/mol. The average Bonchev–Trinajstić information content (AvgIpc) is 2.78. The average molecular weight is 259 g/mol. The Morgan fingerprint density at radius 3 is 2.79 bits per heavy atom. The van der Waals surface area contributed by atoms with Crippen LogP contribution in [0.25, 0.3) is 10.9 Å². The third-order valence-electron chi connectivity index (χ3n) is 3.64. The molecule has 0 aliphatic heterocycles. The number of nitrogens with one attached hydrogen (secondary N) is 1. The molecule has 1 unspecified atom stereocenters. The van der Waals surface area contributed by atoms with Crippen molar-refractivity contribution in [2.45, 2.75) is 52.6 Å². The van der Waals surface area contributed by atoms with Gasteiger partial charge >= 0.3 is 0 Å². The van der Waals surface area contributed by atoms with Crippen LogP contribution < -0.4 is 5.32 Å². The monoisotopic (exact) mass is 259 g/mol. The van der Waals surface area contributed by atoms with E-state index in [9.17, 15) is 0 Å². The van der Waals surface area contributed by atoms with Crippen LogP contribution in [-0.2, 0) is 13.0 Å². The molecule has 2 aromatic rings. The second-order valence-corrected chi connectivity index (χ2v) is 5.13. The third kappa shape index (κ3) is 3.35. The van der Waals surface area contributed by atoms with Crippen molar-refractivity contribution in [1.29, 1.82) is 0 Å². The van der Waals surface area contributed by atoms with E-state index in [1.165, 1.54) is 29.4 Å². The lowest BCUT2D eigenvalue weighted by Gasteiger charge is -2.10. The van der Waals surface area contributed by atoms with Crippen molar-refractivity contribution in [1.82, 2.24) is 15.1 Å². The topological polar surface area (TPSA) is 29.9 Å². The molecule has 0 saturated carbocycles. The van der Waals surface area contributed by atoms with Gasteiger partial charge < -0.3 is 5.32 Å². The molecule has 0 bridgehead atoms. The highest BCUT2D eigenvalue weighted by molar-refractivity contribution is 5.81. The van der Waals surface area contributed by atoms with E-state index >= 15 is 0 Å². The first-order chi connectivity index (χ1) is 9.26. The Morgan fingerprint density at radius 2 is 2.05 bits per heavy atom. The number of nitrogens with zero attached hydrogens (tertiary/aromatic N) is 2. The molecule has 3 nitrogen and oxygen atoms in total. The van der Waals surface area contributed by atoms with Gasteiger partial charge in [-0.25, -0.2) is 0 Å². The number of fused-ring (bicyclic) bond motifs is 1. The Labute approximate surface area is 116 Å². The first kappa shape index (κ1) is 14.1. The fraction of sp³-hybridized carbons (Fsp3) is 0.562. The van der Waals surface area contributed by atoms with Crippen molar-refractivity contribution in [2.24, 2.45) is 0 Å². The summed E-state index contributed by atoms with van der Waals surface area (Å²) in [4.78, 5) is 0. The van der Waals surface area contributed by atoms with Crippen LogP contribution in [0.2, 0.25) is 0 Å². The number of hydrogen-bond acceptors (Lipinski definition) is 2. The second-order valence-electron chi connectivity index (χ2n) is 5.13. The van der Waals surface area contributed by atoms with Gasteiger partial charge in [0.1, 0.15) is 0 Å². The van der Waals surface area contributed by atoms with E-state index in [0.717, 1.165) is 19.5 Å². The molecule has 0 saturated heterocycles. The first-order valence-electron chi connectivity index (χ1n) is 7.44. The van der Waals surface area contributed by atoms with E-state index in [1.54, 1.807) is 0 Å². The molecule has 1 aromatic carbocycles. The molecule has 3 heteroatoms. The molecule has 0 fully saturated rings. The zero-order valence-corrected chi connectivity index (χ0v) is 12.3. The first-order valence-corrected chi connectivity index (χ1v) is 7.44.